The number of amides is 3. The zero-order valence-corrected chi connectivity index (χ0v) is 26.1. The highest BCUT2D eigenvalue weighted by atomic mass is 19.4. The number of nitrogens with one attached hydrogen (secondary N) is 1. The SMILES string of the molecule is CCN1C(=O)[C@@H](NC(=O)c2cccc(C(F)(F)F)c2)[C@@H](c2ccc(F)cc2)c2c(C(=O)N(C)[C@](O)(C#N)CCO)nn(-c3ccccc3)c21. The molecule has 1 aliphatic heterocycles. The molecule has 1 aromatic heterocycles. The Labute approximate surface area is 277 Å². The second-order valence-electron chi connectivity index (χ2n) is 11.2. The number of para-hydroxylation sites is 1. The van der Waals surface area contributed by atoms with Crippen LogP contribution in [0.4, 0.5) is 23.4 Å². The third-order valence-electron chi connectivity index (χ3n) is 8.32. The number of halogens is 4. The number of carbonyl (C=O) groups excluding carboxylic acids is 3. The number of benzene rings is 3. The molecule has 3 amide bonds. The average molecular weight is 679 g/mol. The quantitative estimate of drug-likeness (QED) is 0.138. The van der Waals surface area contributed by atoms with E-state index in [1.165, 1.54) is 21.7 Å². The molecule has 0 aliphatic carbocycles. The van der Waals surface area contributed by atoms with Crippen molar-refractivity contribution in [3.8, 4) is 11.8 Å². The molecule has 3 aromatic carbocycles. The normalized spacial score (nSPS) is 17.1. The van der Waals surface area contributed by atoms with Crippen molar-refractivity contribution in [3.63, 3.8) is 0 Å². The Kier molecular flexibility index (Phi) is 9.57. The molecule has 254 valence electrons. The van der Waals surface area contributed by atoms with E-state index in [4.69, 9.17) is 0 Å². The fourth-order valence-corrected chi connectivity index (χ4v) is 5.78. The van der Waals surface area contributed by atoms with Gasteiger partial charge >= 0.3 is 6.18 Å². The standard InChI is InChI=1S/C34H30F4N6O5/c1-3-43-30-26(28(41-44(30)24-10-5-4-6-11-24)31(47)42(2)33(49,19-39)16-17-45)25(20-12-14-23(35)15-13-20)27(32(43)48)40-29(46)21-8-7-9-22(18-21)34(36,37)38/h4-15,18,25,27,45,49H,3,16-17H2,1-2H3,(H,40,46)/t25-,27-,33+/m0/s1. The van der Waals surface area contributed by atoms with Crippen LogP contribution in [0.25, 0.3) is 5.69 Å². The Morgan fingerprint density at radius 1 is 1.06 bits per heavy atom. The molecule has 0 fully saturated rings. The van der Waals surface area contributed by atoms with Crippen molar-refractivity contribution in [1.82, 2.24) is 20.0 Å². The van der Waals surface area contributed by atoms with E-state index in [1.807, 2.05) is 0 Å². The number of nitrogens with zero attached hydrogens (tertiary/aromatic N) is 5. The van der Waals surface area contributed by atoms with Gasteiger partial charge < -0.3 is 15.5 Å². The van der Waals surface area contributed by atoms with Crippen LogP contribution in [0.2, 0.25) is 0 Å². The summed E-state index contributed by atoms with van der Waals surface area (Å²) in [5.74, 6) is -4.55. The zero-order valence-electron chi connectivity index (χ0n) is 26.1. The molecule has 2 heterocycles. The van der Waals surface area contributed by atoms with Crippen LogP contribution in [-0.4, -0.2) is 74.6 Å². The average Bonchev–Trinajstić information content (AvgIpc) is 3.48. The minimum atomic E-state index is -4.75. The van der Waals surface area contributed by atoms with Crippen LogP contribution < -0.4 is 10.2 Å². The first-order valence-electron chi connectivity index (χ1n) is 15.0. The second kappa shape index (κ2) is 13.5. The smallest absolute Gasteiger partial charge is 0.396 e. The molecule has 4 aromatic rings. The van der Waals surface area contributed by atoms with Gasteiger partial charge in [-0.1, -0.05) is 36.4 Å². The van der Waals surface area contributed by atoms with Crippen LogP contribution in [0.5, 0.6) is 0 Å². The van der Waals surface area contributed by atoms with Crippen molar-refractivity contribution in [3.05, 3.63) is 113 Å². The monoisotopic (exact) mass is 678 g/mol. The maximum atomic E-state index is 14.4. The van der Waals surface area contributed by atoms with Crippen molar-refractivity contribution in [2.24, 2.45) is 0 Å². The van der Waals surface area contributed by atoms with Gasteiger partial charge in [-0.05, 0) is 55.0 Å². The van der Waals surface area contributed by atoms with E-state index < -0.39 is 71.6 Å². The van der Waals surface area contributed by atoms with Gasteiger partial charge in [0.05, 0.1) is 11.3 Å². The minimum Gasteiger partial charge on any atom is -0.396 e. The number of aliphatic hydroxyl groups excluding tert-OH is 1. The van der Waals surface area contributed by atoms with Gasteiger partial charge in [-0.25, -0.2) is 9.07 Å². The number of alkyl halides is 3. The van der Waals surface area contributed by atoms with Gasteiger partial charge in [0.2, 0.25) is 5.72 Å². The second-order valence-corrected chi connectivity index (χ2v) is 11.2. The molecule has 11 nitrogen and oxygen atoms in total. The number of fused-ring (bicyclic) bond motifs is 1. The molecule has 15 heteroatoms. The van der Waals surface area contributed by atoms with Crippen molar-refractivity contribution in [2.45, 2.75) is 37.2 Å². The first kappa shape index (κ1) is 34.7. The summed E-state index contributed by atoms with van der Waals surface area (Å²) < 4.78 is 56.0. The predicted octanol–water partition coefficient (Wildman–Crippen LogP) is 3.99. The molecule has 1 aliphatic rings. The number of nitriles is 1. The zero-order chi connectivity index (χ0) is 35.7. The van der Waals surface area contributed by atoms with Crippen LogP contribution in [0.1, 0.15) is 56.8 Å². The highest BCUT2D eigenvalue weighted by molar-refractivity contribution is 6.07. The van der Waals surface area contributed by atoms with Crippen LogP contribution in [0.3, 0.4) is 0 Å². The van der Waals surface area contributed by atoms with Crippen molar-refractivity contribution in [2.75, 3.05) is 25.1 Å². The fraction of sp³-hybridized carbons (Fsp3) is 0.265. The molecule has 0 bridgehead atoms. The topological polar surface area (TPSA) is 152 Å². The molecule has 3 N–H and O–H groups in total. The summed E-state index contributed by atoms with van der Waals surface area (Å²) in [6.07, 6.45) is -5.29. The third kappa shape index (κ3) is 6.48. The summed E-state index contributed by atoms with van der Waals surface area (Å²) >= 11 is 0. The van der Waals surface area contributed by atoms with E-state index in [-0.39, 0.29) is 29.2 Å². The van der Waals surface area contributed by atoms with Gasteiger partial charge in [-0.3, -0.25) is 24.2 Å². The van der Waals surface area contributed by atoms with Crippen LogP contribution >= 0.6 is 0 Å². The number of hydrogen-bond donors (Lipinski definition) is 3. The number of hydrogen-bond acceptors (Lipinski definition) is 7. The van der Waals surface area contributed by atoms with E-state index in [2.05, 4.69) is 10.4 Å². The highest BCUT2D eigenvalue weighted by Gasteiger charge is 2.49. The van der Waals surface area contributed by atoms with E-state index >= 15 is 0 Å². The molecule has 3 atom stereocenters. The first-order chi connectivity index (χ1) is 23.2. The van der Waals surface area contributed by atoms with Gasteiger partial charge in [0.1, 0.15) is 23.7 Å². The van der Waals surface area contributed by atoms with E-state index in [9.17, 15) is 47.4 Å². The van der Waals surface area contributed by atoms with E-state index in [0.717, 1.165) is 37.4 Å². The lowest BCUT2D eigenvalue weighted by atomic mass is 9.80. The summed E-state index contributed by atoms with van der Waals surface area (Å²) in [6.45, 7) is 0.946. The fourth-order valence-electron chi connectivity index (χ4n) is 5.78. The molecule has 0 saturated carbocycles. The van der Waals surface area contributed by atoms with Crippen molar-refractivity contribution >= 4 is 23.5 Å². The van der Waals surface area contributed by atoms with E-state index in [1.54, 1.807) is 43.3 Å². The maximum Gasteiger partial charge on any atom is 0.416 e. The van der Waals surface area contributed by atoms with Crippen molar-refractivity contribution < 1.29 is 42.2 Å². The Balaban J connectivity index is 1.77. The lowest BCUT2D eigenvalue weighted by Gasteiger charge is -2.39. The molecule has 49 heavy (non-hydrogen) atoms. The lowest BCUT2D eigenvalue weighted by Crippen LogP contribution is -2.56. The predicted molar refractivity (Wildman–Crippen MR) is 167 cm³/mol. The van der Waals surface area contributed by atoms with Gasteiger partial charge in [-0.15, -0.1) is 0 Å². The van der Waals surface area contributed by atoms with Gasteiger partial charge in [0.15, 0.2) is 5.69 Å². The van der Waals surface area contributed by atoms with Crippen LogP contribution in [-0.2, 0) is 11.0 Å². The van der Waals surface area contributed by atoms with Crippen LogP contribution in [0, 0.1) is 17.1 Å². The summed E-state index contributed by atoms with van der Waals surface area (Å²) in [6, 6.07) is 16.9. The number of aliphatic hydroxyl groups is 2. The van der Waals surface area contributed by atoms with Gasteiger partial charge in [0, 0.05) is 43.7 Å². The number of anilines is 1. The first-order valence-corrected chi connectivity index (χ1v) is 15.0. The molecule has 0 radical (unpaired) electrons. The Morgan fingerprint density at radius 2 is 1.73 bits per heavy atom. The Bertz CT molecular complexity index is 1930. The highest BCUT2D eigenvalue weighted by Crippen LogP contribution is 2.44. The summed E-state index contributed by atoms with van der Waals surface area (Å²) in [5, 5.41) is 37.4. The molecule has 0 spiro atoms. The molecule has 0 unspecified atom stereocenters. The Morgan fingerprint density at radius 3 is 2.33 bits per heavy atom. The Hall–Kier alpha value is -5.59. The summed E-state index contributed by atoms with van der Waals surface area (Å²) in [4.78, 5) is 44.1. The lowest BCUT2D eigenvalue weighted by molar-refractivity contribution is -0.137. The van der Waals surface area contributed by atoms with Crippen molar-refractivity contribution in [1.29, 1.82) is 5.26 Å². The summed E-state index contributed by atoms with van der Waals surface area (Å²) in [5.41, 5.74) is -3.63. The summed E-state index contributed by atoms with van der Waals surface area (Å²) in [7, 11) is 1.13. The van der Waals surface area contributed by atoms with Gasteiger partial charge in [0.25, 0.3) is 17.7 Å². The maximum absolute atomic E-state index is 14.4. The molecular weight excluding hydrogens is 648 g/mol. The number of likely N-dealkylation sites (N-methyl/N-ethyl adjacent to an activating group) is 1. The molecular formula is C34H30F4N6O5. The largest absolute Gasteiger partial charge is 0.416 e. The molecule has 5 rings (SSSR count). The van der Waals surface area contributed by atoms with Gasteiger partial charge in [-0.2, -0.15) is 23.5 Å². The number of carbonyl (C=O) groups is 3. The minimum absolute atomic E-state index is 0.0213. The molecule has 0 saturated heterocycles. The number of rotatable bonds is 9. The number of aromatic nitrogens is 2. The van der Waals surface area contributed by atoms with Crippen LogP contribution in [0.15, 0.2) is 78.9 Å². The third-order valence-corrected chi connectivity index (χ3v) is 8.32. The van der Waals surface area contributed by atoms with E-state index in [0.29, 0.717) is 16.7 Å².